The second-order valence-electron chi connectivity index (χ2n) is 5.98. The molecule has 0 aromatic heterocycles. The third-order valence-corrected chi connectivity index (χ3v) is 3.03. The lowest BCUT2D eigenvalue weighted by atomic mass is 10.1. The van der Waals surface area contributed by atoms with E-state index in [1.54, 1.807) is 0 Å². The van der Waals surface area contributed by atoms with Crippen molar-refractivity contribution in [2.75, 3.05) is 34.2 Å². The van der Waals surface area contributed by atoms with Crippen LogP contribution >= 0.6 is 0 Å². The summed E-state index contributed by atoms with van der Waals surface area (Å²) in [6.07, 6.45) is 12.4. The van der Waals surface area contributed by atoms with E-state index in [1.165, 1.54) is 64.3 Å². The van der Waals surface area contributed by atoms with E-state index < -0.39 is 0 Å². The molecule has 0 spiro atoms. The van der Waals surface area contributed by atoms with Crippen molar-refractivity contribution in [3.8, 4) is 0 Å². The first-order chi connectivity index (χ1) is 7.56. The van der Waals surface area contributed by atoms with Crippen LogP contribution in [0.3, 0.4) is 0 Å². The highest BCUT2D eigenvalue weighted by Gasteiger charge is 2.04. The predicted molar refractivity (Wildman–Crippen MR) is 73.5 cm³/mol. The Morgan fingerprint density at radius 2 is 1.00 bits per heavy atom. The fourth-order valence-corrected chi connectivity index (χ4v) is 1.97. The van der Waals surface area contributed by atoms with Crippen molar-refractivity contribution in [1.29, 1.82) is 0 Å². The van der Waals surface area contributed by atoms with E-state index in [0.29, 0.717) is 0 Å². The first-order valence-corrected chi connectivity index (χ1v) is 7.07. The average molecular weight is 229 g/mol. The van der Waals surface area contributed by atoms with E-state index in [9.17, 15) is 0 Å². The fourth-order valence-electron chi connectivity index (χ4n) is 1.97. The van der Waals surface area contributed by atoms with Crippen molar-refractivity contribution < 1.29 is 4.48 Å². The van der Waals surface area contributed by atoms with Gasteiger partial charge in [0.2, 0.25) is 0 Å². The van der Waals surface area contributed by atoms with Crippen molar-refractivity contribution in [3.63, 3.8) is 0 Å². The van der Waals surface area contributed by atoms with Crippen molar-refractivity contribution >= 4 is 0 Å². The normalized spacial score (nSPS) is 12.0. The van der Waals surface area contributed by atoms with Gasteiger partial charge in [0, 0.05) is 0 Å². The van der Waals surface area contributed by atoms with E-state index in [2.05, 4.69) is 21.1 Å². The van der Waals surface area contributed by atoms with Crippen molar-refractivity contribution in [2.45, 2.75) is 57.8 Å². The van der Waals surface area contributed by atoms with E-state index in [4.69, 9.17) is 5.73 Å². The molecule has 0 rings (SSSR count). The zero-order valence-corrected chi connectivity index (χ0v) is 11.8. The summed E-state index contributed by atoms with van der Waals surface area (Å²) in [4.78, 5) is 0. The SMILES string of the molecule is C[N+](C)(C)CCCCCCCCCCCN. The monoisotopic (exact) mass is 229 g/mol. The Hall–Kier alpha value is -0.0800. The van der Waals surface area contributed by atoms with Gasteiger partial charge in [-0.1, -0.05) is 38.5 Å². The van der Waals surface area contributed by atoms with Gasteiger partial charge in [0.1, 0.15) is 0 Å². The number of nitrogens with zero attached hydrogens (tertiary/aromatic N) is 1. The number of hydrogen-bond acceptors (Lipinski definition) is 1. The van der Waals surface area contributed by atoms with Crippen molar-refractivity contribution in [2.24, 2.45) is 5.73 Å². The van der Waals surface area contributed by atoms with Crippen LogP contribution in [0.25, 0.3) is 0 Å². The van der Waals surface area contributed by atoms with Gasteiger partial charge in [0.25, 0.3) is 0 Å². The van der Waals surface area contributed by atoms with Gasteiger partial charge >= 0.3 is 0 Å². The lowest BCUT2D eigenvalue weighted by Gasteiger charge is -2.23. The molecule has 0 aromatic carbocycles. The summed E-state index contributed by atoms with van der Waals surface area (Å²) in [5.41, 5.74) is 5.46. The molecule has 0 saturated carbocycles. The second-order valence-corrected chi connectivity index (χ2v) is 5.98. The van der Waals surface area contributed by atoms with Gasteiger partial charge < -0.3 is 10.2 Å². The Morgan fingerprint density at radius 1 is 0.625 bits per heavy atom. The smallest absolute Gasteiger partial charge is 0.0780 e. The summed E-state index contributed by atoms with van der Waals surface area (Å²) >= 11 is 0. The largest absolute Gasteiger partial charge is 0.331 e. The van der Waals surface area contributed by atoms with Crippen LogP contribution in [0, 0.1) is 0 Å². The minimum atomic E-state index is 0.866. The molecule has 0 aromatic rings. The summed E-state index contributed by atoms with van der Waals surface area (Å²) < 4.78 is 1.11. The van der Waals surface area contributed by atoms with Gasteiger partial charge in [-0.15, -0.1) is 0 Å². The van der Waals surface area contributed by atoms with Crippen LogP contribution in [0.5, 0.6) is 0 Å². The zero-order chi connectivity index (χ0) is 12.3. The molecule has 2 N–H and O–H groups in total. The molecular formula is C14H33N2+. The number of quaternary nitrogens is 1. The second kappa shape index (κ2) is 10.1. The van der Waals surface area contributed by atoms with Crippen LogP contribution in [0.15, 0.2) is 0 Å². The van der Waals surface area contributed by atoms with Gasteiger partial charge in [-0.05, 0) is 25.8 Å². The summed E-state index contributed by atoms with van der Waals surface area (Å²) in [6, 6.07) is 0. The van der Waals surface area contributed by atoms with Gasteiger partial charge in [0.05, 0.1) is 27.7 Å². The maximum Gasteiger partial charge on any atom is 0.0780 e. The number of hydrogen-bond donors (Lipinski definition) is 1. The maximum atomic E-state index is 5.46. The first-order valence-electron chi connectivity index (χ1n) is 7.07. The molecule has 0 radical (unpaired) electrons. The van der Waals surface area contributed by atoms with Crippen LogP contribution in [0.4, 0.5) is 0 Å². The van der Waals surface area contributed by atoms with E-state index in [1.807, 2.05) is 0 Å². The molecule has 98 valence electrons. The fraction of sp³-hybridized carbons (Fsp3) is 1.00. The molecule has 0 bridgehead atoms. The molecule has 2 nitrogen and oxygen atoms in total. The highest BCUT2D eigenvalue weighted by atomic mass is 15.3. The molecule has 16 heavy (non-hydrogen) atoms. The Kier molecular flexibility index (Phi) is 10.0. The van der Waals surface area contributed by atoms with Gasteiger partial charge in [0.15, 0.2) is 0 Å². The Morgan fingerprint density at radius 3 is 1.38 bits per heavy atom. The molecule has 0 aliphatic heterocycles. The van der Waals surface area contributed by atoms with Crippen LogP contribution in [0.1, 0.15) is 57.8 Å². The van der Waals surface area contributed by atoms with Gasteiger partial charge in [-0.25, -0.2) is 0 Å². The maximum absolute atomic E-state index is 5.46. The van der Waals surface area contributed by atoms with Gasteiger partial charge in [-0.3, -0.25) is 0 Å². The minimum absolute atomic E-state index is 0.866. The minimum Gasteiger partial charge on any atom is -0.331 e. The molecule has 0 saturated heterocycles. The third kappa shape index (κ3) is 13.9. The van der Waals surface area contributed by atoms with Gasteiger partial charge in [-0.2, -0.15) is 0 Å². The number of nitrogens with two attached hydrogens (primary N) is 1. The zero-order valence-electron chi connectivity index (χ0n) is 11.8. The third-order valence-electron chi connectivity index (χ3n) is 3.03. The molecule has 0 fully saturated rings. The van der Waals surface area contributed by atoms with E-state index in [0.717, 1.165) is 11.0 Å². The highest BCUT2D eigenvalue weighted by Crippen LogP contribution is 2.10. The Balaban J connectivity index is 2.99. The number of rotatable bonds is 11. The van der Waals surface area contributed by atoms with Crippen LogP contribution in [-0.2, 0) is 0 Å². The summed E-state index contributed by atoms with van der Waals surface area (Å²) in [7, 11) is 6.83. The Labute approximate surface area is 103 Å². The molecule has 0 unspecified atom stereocenters. The van der Waals surface area contributed by atoms with Crippen LogP contribution in [-0.4, -0.2) is 38.7 Å². The highest BCUT2D eigenvalue weighted by molar-refractivity contribution is 4.47. The topological polar surface area (TPSA) is 26.0 Å². The number of unbranched alkanes of at least 4 members (excludes halogenated alkanes) is 8. The lowest BCUT2D eigenvalue weighted by Crippen LogP contribution is -2.35. The molecule has 0 heterocycles. The molecule has 2 heteroatoms. The first kappa shape index (κ1) is 15.9. The van der Waals surface area contributed by atoms with Crippen molar-refractivity contribution in [3.05, 3.63) is 0 Å². The molecule has 0 aliphatic rings. The molecule has 0 amide bonds. The standard InChI is InChI=1S/C14H33N2/c1-16(2,3)14-12-10-8-6-4-5-7-9-11-13-15/h4-15H2,1-3H3/q+1. The predicted octanol–water partition coefficient (Wildman–Crippen LogP) is 3.16. The Bertz CT molecular complexity index is 138. The van der Waals surface area contributed by atoms with Crippen molar-refractivity contribution in [1.82, 2.24) is 0 Å². The summed E-state index contributed by atoms with van der Waals surface area (Å²) in [5.74, 6) is 0. The summed E-state index contributed by atoms with van der Waals surface area (Å²) in [5, 5.41) is 0. The van der Waals surface area contributed by atoms with E-state index >= 15 is 0 Å². The van der Waals surface area contributed by atoms with Crippen LogP contribution in [0.2, 0.25) is 0 Å². The summed E-state index contributed by atoms with van der Waals surface area (Å²) in [6.45, 7) is 2.18. The lowest BCUT2D eigenvalue weighted by molar-refractivity contribution is -0.870. The molecular weight excluding hydrogens is 196 g/mol. The van der Waals surface area contributed by atoms with E-state index in [-0.39, 0.29) is 0 Å². The molecule has 0 aliphatic carbocycles. The quantitative estimate of drug-likeness (QED) is 0.427. The van der Waals surface area contributed by atoms with Crippen LogP contribution < -0.4 is 5.73 Å². The average Bonchev–Trinajstić information content (AvgIpc) is 2.19. The molecule has 0 atom stereocenters.